The molecule has 4 nitrogen and oxygen atoms in total. The topological polar surface area (TPSA) is 36.3 Å². The Morgan fingerprint density at radius 3 is 2.80 bits per heavy atom. The molecule has 1 unspecified atom stereocenters. The second-order valence-electron chi connectivity index (χ2n) is 4.84. The molecule has 2 atom stereocenters. The third-order valence-corrected chi connectivity index (χ3v) is 3.17. The van der Waals surface area contributed by atoms with Crippen molar-refractivity contribution in [2.75, 3.05) is 0 Å². The Kier molecular flexibility index (Phi) is 6.83. The first kappa shape index (κ1) is 16.8. The summed E-state index contributed by atoms with van der Waals surface area (Å²) in [5.74, 6) is 0.479. The van der Waals surface area contributed by atoms with Gasteiger partial charge in [-0.25, -0.2) is 11.3 Å². The van der Waals surface area contributed by atoms with E-state index in [1.807, 2.05) is 35.7 Å². The van der Waals surface area contributed by atoms with Gasteiger partial charge in [0.05, 0.1) is 12.3 Å². The molecule has 1 aromatic heterocycles. The van der Waals surface area contributed by atoms with Gasteiger partial charge >= 0.3 is 68.9 Å². The van der Waals surface area contributed by atoms with E-state index in [0.29, 0.717) is 12.5 Å². The van der Waals surface area contributed by atoms with Crippen molar-refractivity contribution in [1.29, 1.82) is 0 Å². The zero-order valence-corrected chi connectivity index (χ0v) is 18.2. The number of nitrogens with zero attached hydrogens (tertiary/aromatic N) is 2. The summed E-state index contributed by atoms with van der Waals surface area (Å²) < 4.78 is 13.0. The average molecular weight is 390 g/mol. The standard InChI is InChI=1S/C15H17N2O2.Cs/c1-12-9-15(18-10-12)19-11-13-3-5-14(6-4-13)17-8-2-7-16-17;/h2-8,10,12,15H,9,11H2,1H3;/q-1;+1/t12-,15?;/m1./s1. The molecule has 100 valence electrons. The summed E-state index contributed by atoms with van der Waals surface area (Å²) in [4.78, 5) is 0. The monoisotopic (exact) mass is 390 g/mol. The van der Waals surface area contributed by atoms with Crippen molar-refractivity contribution < 1.29 is 78.4 Å². The summed E-state index contributed by atoms with van der Waals surface area (Å²) >= 11 is 0. The Morgan fingerprint density at radius 1 is 1.40 bits per heavy atom. The Hall–Kier alpha value is 0.402. The number of ether oxygens (including phenoxy) is 2. The molecule has 20 heavy (non-hydrogen) atoms. The van der Waals surface area contributed by atoms with E-state index in [9.17, 15) is 0 Å². The van der Waals surface area contributed by atoms with Crippen LogP contribution in [-0.2, 0) is 16.1 Å². The molecule has 1 aromatic carbocycles. The molecule has 0 spiro atoms. The molecule has 0 bridgehead atoms. The van der Waals surface area contributed by atoms with Crippen LogP contribution in [0.1, 0.15) is 18.9 Å². The summed E-state index contributed by atoms with van der Waals surface area (Å²) in [6, 6.07) is 10.1. The van der Waals surface area contributed by atoms with E-state index in [0.717, 1.165) is 17.7 Å². The van der Waals surface area contributed by atoms with E-state index in [1.165, 1.54) is 0 Å². The van der Waals surface area contributed by atoms with Gasteiger partial charge in [-0.15, -0.1) is 5.92 Å². The fourth-order valence-corrected chi connectivity index (χ4v) is 2.10. The molecule has 0 radical (unpaired) electrons. The SMILES string of the molecule is C[C@H]1[CH-]OC(OCc2ccc(-n3cccn3)cc2)C1.[Cs+]. The molecule has 0 aliphatic carbocycles. The van der Waals surface area contributed by atoms with E-state index in [-0.39, 0.29) is 75.2 Å². The molecular formula is C15H17CsN2O2. The third kappa shape index (κ3) is 4.45. The van der Waals surface area contributed by atoms with Gasteiger partial charge in [0.2, 0.25) is 0 Å². The Balaban J connectivity index is 0.00000147. The summed E-state index contributed by atoms with van der Waals surface area (Å²) in [7, 11) is 0. The number of aromatic nitrogens is 2. The number of rotatable bonds is 4. The predicted molar refractivity (Wildman–Crippen MR) is 71.3 cm³/mol. The van der Waals surface area contributed by atoms with Crippen molar-refractivity contribution in [3.63, 3.8) is 0 Å². The minimum atomic E-state index is -0.0965. The molecule has 1 aliphatic heterocycles. The summed E-state index contributed by atoms with van der Waals surface area (Å²) in [5, 5.41) is 4.19. The Bertz CT molecular complexity index is 513. The molecule has 1 fully saturated rings. The van der Waals surface area contributed by atoms with Crippen LogP contribution in [-0.4, -0.2) is 16.1 Å². The molecule has 0 saturated carbocycles. The minimum Gasteiger partial charge on any atom is -0.529 e. The predicted octanol–water partition coefficient (Wildman–Crippen LogP) is -0.0628. The van der Waals surface area contributed by atoms with Crippen LogP contribution in [0, 0.1) is 12.5 Å². The number of benzene rings is 1. The van der Waals surface area contributed by atoms with Crippen molar-refractivity contribution >= 4 is 0 Å². The molecule has 3 rings (SSSR count). The maximum absolute atomic E-state index is 5.71. The molecule has 0 N–H and O–H groups in total. The van der Waals surface area contributed by atoms with Gasteiger partial charge in [0.15, 0.2) is 0 Å². The van der Waals surface area contributed by atoms with Crippen LogP contribution in [0.3, 0.4) is 0 Å². The van der Waals surface area contributed by atoms with Crippen molar-refractivity contribution in [1.82, 2.24) is 9.78 Å². The van der Waals surface area contributed by atoms with E-state index in [1.54, 1.807) is 6.20 Å². The van der Waals surface area contributed by atoms with Gasteiger partial charge in [-0.1, -0.05) is 19.1 Å². The number of hydrogen-bond acceptors (Lipinski definition) is 3. The van der Waals surface area contributed by atoms with Crippen LogP contribution < -0.4 is 68.9 Å². The summed E-state index contributed by atoms with van der Waals surface area (Å²) in [5.41, 5.74) is 2.19. The fraction of sp³-hybridized carbons (Fsp3) is 0.333. The van der Waals surface area contributed by atoms with Crippen molar-refractivity contribution in [3.05, 3.63) is 54.9 Å². The van der Waals surface area contributed by atoms with Gasteiger partial charge in [0.1, 0.15) is 6.29 Å². The van der Waals surface area contributed by atoms with Crippen LogP contribution in [0.2, 0.25) is 0 Å². The van der Waals surface area contributed by atoms with Gasteiger partial charge in [-0.05, 0) is 30.2 Å². The molecule has 1 aliphatic rings. The Morgan fingerprint density at radius 2 is 2.20 bits per heavy atom. The van der Waals surface area contributed by atoms with Crippen LogP contribution in [0.5, 0.6) is 0 Å². The number of hydrogen-bond donors (Lipinski definition) is 0. The largest absolute Gasteiger partial charge is 1.00 e. The van der Waals surface area contributed by atoms with Crippen molar-refractivity contribution in [2.24, 2.45) is 5.92 Å². The van der Waals surface area contributed by atoms with E-state index in [2.05, 4.69) is 24.2 Å². The molecular weight excluding hydrogens is 373 g/mol. The first-order valence-corrected chi connectivity index (χ1v) is 6.50. The van der Waals surface area contributed by atoms with Gasteiger partial charge in [0.25, 0.3) is 0 Å². The van der Waals surface area contributed by atoms with Crippen LogP contribution in [0.25, 0.3) is 5.69 Å². The molecule has 0 amide bonds. The van der Waals surface area contributed by atoms with Gasteiger partial charge in [-0.3, -0.25) is 0 Å². The molecule has 2 heterocycles. The van der Waals surface area contributed by atoms with Crippen LogP contribution in [0.15, 0.2) is 42.7 Å². The average Bonchev–Trinajstić information content (AvgIpc) is 3.08. The molecule has 2 aromatic rings. The first-order valence-electron chi connectivity index (χ1n) is 6.50. The van der Waals surface area contributed by atoms with Gasteiger partial charge in [-0.2, -0.15) is 5.10 Å². The summed E-state index contributed by atoms with van der Waals surface area (Å²) in [6.07, 6.45) is 4.54. The maximum Gasteiger partial charge on any atom is 1.00 e. The quantitative estimate of drug-likeness (QED) is 0.687. The molecule has 1 saturated heterocycles. The fourth-order valence-electron chi connectivity index (χ4n) is 2.10. The van der Waals surface area contributed by atoms with Crippen LogP contribution >= 0.6 is 0 Å². The van der Waals surface area contributed by atoms with Gasteiger partial charge < -0.3 is 9.47 Å². The third-order valence-electron chi connectivity index (χ3n) is 3.17. The molecule has 5 heteroatoms. The summed E-state index contributed by atoms with van der Waals surface area (Å²) in [6.45, 7) is 4.55. The second-order valence-corrected chi connectivity index (χ2v) is 4.84. The zero-order valence-electron chi connectivity index (χ0n) is 11.9. The first-order chi connectivity index (χ1) is 9.31. The van der Waals surface area contributed by atoms with E-state index < -0.39 is 0 Å². The smallest absolute Gasteiger partial charge is 0.529 e. The van der Waals surface area contributed by atoms with Gasteiger partial charge in [0, 0.05) is 12.4 Å². The van der Waals surface area contributed by atoms with E-state index in [4.69, 9.17) is 9.47 Å². The van der Waals surface area contributed by atoms with Crippen molar-refractivity contribution in [3.8, 4) is 5.69 Å². The van der Waals surface area contributed by atoms with Crippen LogP contribution in [0.4, 0.5) is 0 Å². The maximum atomic E-state index is 5.71. The minimum absolute atomic E-state index is 0. The van der Waals surface area contributed by atoms with E-state index >= 15 is 0 Å². The second kappa shape index (κ2) is 8.14. The van der Waals surface area contributed by atoms with Crippen molar-refractivity contribution in [2.45, 2.75) is 26.2 Å². The zero-order chi connectivity index (χ0) is 13.1. The Labute approximate surface area is 178 Å². The normalized spacial score (nSPS) is 21.6.